The number of carbonyl (C=O) groups excluding carboxylic acids is 6. The summed E-state index contributed by atoms with van der Waals surface area (Å²) in [4.78, 5) is 87.2. The van der Waals surface area contributed by atoms with Crippen LogP contribution in [0.25, 0.3) is 11.1 Å². The third-order valence-corrected chi connectivity index (χ3v) is 27.8. The fourth-order valence-corrected chi connectivity index (χ4v) is 21.1. The number of ether oxygens (including phenoxy) is 2. The van der Waals surface area contributed by atoms with Crippen LogP contribution < -0.4 is 21.3 Å². The summed E-state index contributed by atoms with van der Waals surface area (Å²) in [5.74, 6) is -1.46. The first-order valence-electron chi connectivity index (χ1n) is 27.6. The molecule has 0 spiro atoms. The van der Waals surface area contributed by atoms with Crippen molar-refractivity contribution in [3.05, 3.63) is 131 Å². The molecule has 0 radical (unpaired) electrons. The van der Waals surface area contributed by atoms with Crippen molar-refractivity contribution in [1.29, 1.82) is 0 Å². The summed E-state index contributed by atoms with van der Waals surface area (Å²) < 4.78 is 18.7. The summed E-state index contributed by atoms with van der Waals surface area (Å²) >= 11 is 3.54. The molecule has 4 aromatic carbocycles. The van der Waals surface area contributed by atoms with Gasteiger partial charge in [0.15, 0.2) is 0 Å². The predicted octanol–water partition coefficient (Wildman–Crippen LogP) is 10.0. The fourth-order valence-electron chi connectivity index (χ4n) is 9.48. The summed E-state index contributed by atoms with van der Waals surface area (Å²) in [5, 5.41) is 11.1. The van der Waals surface area contributed by atoms with Crippen molar-refractivity contribution in [2.45, 2.75) is 154 Å². The first kappa shape index (κ1) is 60.6. The van der Waals surface area contributed by atoms with Crippen molar-refractivity contribution < 1.29 is 42.7 Å². The molecular weight excluding hydrogens is 1030 g/mol. The Kier molecular flexibility index (Phi) is 23.6. The van der Waals surface area contributed by atoms with E-state index in [2.05, 4.69) is 68.0 Å². The number of benzene rings is 4. The van der Waals surface area contributed by atoms with Crippen LogP contribution in [-0.4, -0.2) is 115 Å². The zero-order valence-corrected chi connectivity index (χ0v) is 48.7. The van der Waals surface area contributed by atoms with Crippen molar-refractivity contribution >= 4 is 64.7 Å². The van der Waals surface area contributed by atoms with Gasteiger partial charge in [-0.25, -0.2) is 4.79 Å². The minimum absolute atomic E-state index is 0.0668. The molecule has 0 saturated carbocycles. The van der Waals surface area contributed by atoms with Gasteiger partial charge in [0.05, 0.1) is 6.61 Å². The van der Waals surface area contributed by atoms with E-state index in [1.165, 1.54) is 11.8 Å². The maximum atomic E-state index is 14.8. The zero-order valence-electron chi connectivity index (χ0n) is 46.1. The largest absolute Gasteiger partial charge is 0.497 e. The van der Waals surface area contributed by atoms with E-state index < -0.39 is 72.5 Å². The minimum atomic E-state index is -2.93. The second kappa shape index (κ2) is 29.9. The van der Waals surface area contributed by atoms with Gasteiger partial charge < -0.3 is 35.2 Å². The molecule has 1 fully saturated rings. The number of fused-ring (bicyclic) bond motifs is 3. The number of hydrogen-bond donors (Lipinski definition) is 4. The Morgan fingerprint density at radius 1 is 0.649 bits per heavy atom. The van der Waals surface area contributed by atoms with Gasteiger partial charge in [0.2, 0.25) is 23.6 Å². The van der Waals surface area contributed by atoms with Crippen LogP contribution in [-0.2, 0) is 50.7 Å². The monoisotopic (exact) mass is 1110 g/mol. The SMILES string of the molecule is CCCCOC[C@H](NC(=O)[C@H](C)NC(=O)[C@@H]1CCCN1C(=O)OCC1c2ccccc2-c2ccccc21)C(=O)N[C@@H](Cc1ccccc1)C(=O)N[C@@H](Cc1ccccc1)C(=O)O[Si](SCCCC)(SCCCC)C(C)(C)C. The van der Waals surface area contributed by atoms with Gasteiger partial charge in [0.1, 0.15) is 36.8 Å². The average molecular weight is 1110 g/mol. The number of unbranched alkanes of at least 4 members (excludes halogenated alkanes) is 3. The van der Waals surface area contributed by atoms with Crippen LogP contribution in [0.15, 0.2) is 109 Å². The fraction of sp³-hybridized carbons (Fsp3) is 0.500. The number of carbonyl (C=O) groups is 6. The van der Waals surface area contributed by atoms with E-state index in [4.69, 9.17) is 13.9 Å². The molecule has 2 aliphatic rings. The van der Waals surface area contributed by atoms with E-state index >= 15 is 0 Å². The number of amides is 5. The lowest BCUT2D eigenvalue weighted by atomic mass is 9.98. The Morgan fingerprint density at radius 3 is 1.71 bits per heavy atom. The molecule has 1 aliphatic carbocycles. The molecule has 5 amide bonds. The summed E-state index contributed by atoms with van der Waals surface area (Å²) in [6.07, 6.45) is 6.09. The van der Waals surface area contributed by atoms with E-state index in [-0.39, 0.29) is 37.0 Å². The van der Waals surface area contributed by atoms with Crippen LogP contribution in [0.2, 0.25) is 5.04 Å². The first-order valence-corrected chi connectivity index (χ1v) is 32.9. The number of rotatable bonds is 29. The van der Waals surface area contributed by atoms with E-state index in [0.29, 0.717) is 32.4 Å². The Bertz CT molecular complexity index is 2510. The van der Waals surface area contributed by atoms with Gasteiger partial charge in [0, 0.05) is 36.9 Å². The van der Waals surface area contributed by atoms with E-state index in [0.717, 1.165) is 77.0 Å². The number of likely N-dealkylation sites (tertiary alicyclic amines) is 1. The van der Waals surface area contributed by atoms with E-state index in [9.17, 15) is 28.8 Å². The van der Waals surface area contributed by atoms with Gasteiger partial charge in [-0.2, -0.15) is 0 Å². The van der Waals surface area contributed by atoms with Gasteiger partial charge in [-0.1, -0.05) is 170 Å². The van der Waals surface area contributed by atoms with Crippen molar-refractivity contribution in [1.82, 2.24) is 26.2 Å². The Labute approximate surface area is 465 Å². The highest BCUT2D eigenvalue weighted by molar-refractivity contribution is 8.57. The number of nitrogens with one attached hydrogen (secondary N) is 4. The quantitative estimate of drug-likeness (QED) is 0.0300. The lowest BCUT2D eigenvalue weighted by Gasteiger charge is -2.40. The molecule has 1 saturated heterocycles. The molecule has 1 heterocycles. The molecule has 6 rings (SSSR count). The summed E-state index contributed by atoms with van der Waals surface area (Å²) in [6.45, 7) is 11.8. The van der Waals surface area contributed by atoms with Crippen LogP contribution in [0.3, 0.4) is 0 Å². The molecule has 0 aromatic heterocycles. The summed E-state index contributed by atoms with van der Waals surface area (Å²) in [7, 11) is 0. The molecule has 0 bridgehead atoms. The predicted molar refractivity (Wildman–Crippen MR) is 311 cm³/mol. The van der Waals surface area contributed by atoms with Gasteiger partial charge >= 0.3 is 18.7 Å². The summed E-state index contributed by atoms with van der Waals surface area (Å²) in [5.41, 5.74) is 5.94. The second-order valence-electron chi connectivity index (χ2n) is 21.0. The Morgan fingerprint density at radius 2 is 1.16 bits per heavy atom. The topological polar surface area (TPSA) is 181 Å². The van der Waals surface area contributed by atoms with Crippen LogP contribution in [0.5, 0.6) is 0 Å². The van der Waals surface area contributed by atoms with Gasteiger partial charge in [0.25, 0.3) is 0 Å². The highest BCUT2D eigenvalue weighted by Gasteiger charge is 2.52. The van der Waals surface area contributed by atoms with E-state index in [1.807, 2.05) is 104 Å². The molecule has 17 heteroatoms. The molecule has 1 aliphatic heterocycles. The van der Waals surface area contributed by atoms with Gasteiger partial charge in [-0.3, -0.25) is 28.9 Å². The van der Waals surface area contributed by atoms with Gasteiger partial charge in [-0.05, 0) is 83.9 Å². The third kappa shape index (κ3) is 16.9. The molecule has 4 N–H and O–H groups in total. The lowest BCUT2D eigenvalue weighted by molar-refractivity contribution is -0.140. The maximum absolute atomic E-state index is 14.8. The number of hydrogen-bond acceptors (Lipinski definition) is 11. The highest BCUT2D eigenvalue weighted by atomic mass is 32.6. The molecule has 14 nitrogen and oxygen atoms in total. The standard InChI is InChI=1S/C60H81N5O9S2Si/c1-8-11-35-72-41-52(64-54(66)42(4)61-57(69)53-33-24-34-65(53)59(71)73-40-49-47-31-22-20-29-45(47)46-30-21-23-32-48(46)49)56(68)62-50(38-43-25-16-14-17-26-43)55(67)63-51(39-44-27-18-15-19-28-44)58(70)74-77(60(5,6)7,75-36-12-9-2)76-37-13-10-3/h14-23,25-32,42,49-53H,8-13,24,33-41H2,1-7H3,(H,61,69)(H,62,68)(H,63,67)(H,64,66)/t42-,50-,51-,52-,53-/m0/s1. The highest BCUT2D eigenvalue weighted by Crippen LogP contribution is 2.52. The third-order valence-electron chi connectivity index (χ3n) is 14.0. The zero-order chi connectivity index (χ0) is 55.4. The van der Waals surface area contributed by atoms with Gasteiger partial charge in [-0.15, -0.1) is 22.4 Å². The van der Waals surface area contributed by atoms with Crippen molar-refractivity contribution in [3.8, 4) is 11.1 Å². The second-order valence-corrected chi connectivity index (χ2v) is 31.2. The molecular formula is C60H81N5O9S2Si. The average Bonchev–Trinajstić information content (AvgIpc) is 4.12. The van der Waals surface area contributed by atoms with Crippen LogP contribution >= 0.6 is 22.4 Å². The van der Waals surface area contributed by atoms with E-state index in [1.54, 1.807) is 22.4 Å². The Balaban J connectivity index is 1.16. The first-order chi connectivity index (χ1) is 37.1. The van der Waals surface area contributed by atoms with Crippen molar-refractivity contribution in [2.24, 2.45) is 0 Å². The molecule has 0 unspecified atom stereocenters. The van der Waals surface area contributed by atoms with Crippen LogP contribution in [0.4, 0.5) is 4.79 Å². The lowest BCUT2D eigenvalue weighted by Crippen LogP contribution is -2.60. The molecule has 77 heavy (non-hydrogen) atoms. The van der Waals surface area contributed by atoms with Crippen molar-refractivity contribution in [2.75, 3.05) is 37.9 Å². The number of nitrogens with zero attached hydrogens (tertiary/aromatic N) is 1. The Hall–Kier alpha value is -5.62. The van der Waals surface area contributed by atoms with Crippen molar-refractivity contribution in [3.63, 3.8) is 0 Å². The normalized spacial score (nSPS) is 15.8. The maximum Gasteiger partial charge on any atom is 0.410 e. The van der Waals surface area contributed by atoms with Crippen LogP contribution in [0.1, 0.15) is 128 Å². The minimum Gasteiger partial charge on any atom is -0.497 e. The van der Waals surface area contributed by atoms with Crippen LogP contribution in [0, 0.1) is 0 Å². The summed E-state index contributed by atoms with van der Waals surface area (Å²) in [6, 6.07) is 29.3. The smallest absolute Gasteiger partial charge is 0.410 e. The molecule has 5 atom stereocenters. The molecule has 416 valence electrons. The molecule has 4 aromatic rings.